The van der Waals surface area contributed by atoms with Crippen molar-refractivity contribution in [3.8, 4) is 0 Å². The Morgan fingerprint density at radius 1 is 0.551 bits per heavy atom. The van der Waals surface area contributed by atoms with Crippen LogP contribution >= 0.6 is 34.9 Å². The zero-order chi connectivity index (χ0) is 34.5. The van der Waals surface area contributed by atoms with Crippen molar-refractivity contribution in [3.63, 3.8) is 0 Å². The molecule has 5 aromatic rings. The molecule has 0 bridgehead atoms. The van der Waals surface area contributed by atoms with Gasteiger partial charge in [0.2, 0.25) is 0 Å². The van der Waals surface area contributed by atoms with Gasteiger partial charge in [-0.2, -0.15) is 11.3 Å². The summed E-state index contributed by atoms with van der Waals surface area (Å²) >= 11 is 6.18. The Bertz CT molecular complexity index is 2010. The lowest BCUT2D eigenvalue weighted by Gasteiger charge is -2.34. The largest absolute Gasteiger partial charge is 0.310 e. The molecule has 0 atom stereocenters. The van der Waals surface area contributed by atoms with Gasteiger partial charge in [0.05, 0.1) is 0 Å². The topological polar surface area (TPSA) is 3.24 Å². The molecular formula is C44H48BNS3. The van der Waals surface area contributed by atoms with Gasteiger partial charge >= 0.3 is 0 Å². The van der Waals surface area contributed by atoms with Gasteiger partial charge in [0.25, 0.3) is 6.71 Å². The molecule has 3 aliphatic rings. The molecule has 0 unspecified atom stereocenters. The average Bonchev–Trinajstić information content (AvgIpc) is 3.42. The second kappa shape index (κ2) is 11.9. The first-order chi connectivity index (χ1) is 23.2. The Morgan fingerprint density at radius 3 is 1.65 bits per heavy atom. The third kappa shape index (κ3) is 5.92. The van der Waals surface area contributed by atoms with E-state index >= 15 is 0 Å². The van der Waals surface area contributed by atoms with E-state index in [1.54, 1.807) is 25.6 Å². The molecule has 2 aliphatic heterocycles. The van der Waals surface area contributed by atoms with Gasteiger partial charge < -0.3 is 4.90 Å². The van der Waals surface area contributed by atoms with Crippen LogP contribution < -0.4 is 20.6 Å². The highest BCUT2D eigenvalue weighted by Gasteiger charge is 2.42. The zero-order valence-corrected chi connectivity index (χ0v) is 33.0. The summed E-state index contributed by atoms with van der Waals surface area (Å²) in [5, 5.41) is 0. The van der Waals surface area contributed by atoms with Crippen LogP contribution in [-0.4, -0.2) is 6.71 Å². The molecule has 5 heteroatoms. The van der Waals surface area contributed by atoms with Gasteiger partial charge in [-0.1, -0.05) is 122 Å². The Balaban J connectivity index is 1.29. The molecule has 0 saturated heterocycles. The molecule has 250 valence electrons. The van der Waals surface area contributed by atoms with E-state index in [1.165, 1.54) is 79.6 Å². The van der Waals surface area contributed by atoms with Crippen LogP contribution in [0.2, 0.25) is 0 Å². The van der Waals surface area contributed by atoms with Crippen LogP contribution in [0.3, 0.4) is 0 Å². The van der Waals surface area contributed by atoms with Crippen molar-refractivity contribution in [3.05, 3.63) is 106 Å². The molecule has 8 rings (SSSR count). The highest BCUT2D eigenvalue weighted by Crippen LogP contribution is 2.47. The van der Waals surface area contributed by atoms with Crippen molar-refractivity contribution in [2.75, 3.05) is 4.90 Å². The molecule has 0 fully saturated rings. The number of anilines is 3. The fourth-order valence-electron chi connectivity index (χ4n) is 7.66. The van der Waals surface area contributed by atoms with E-state index in [9.17, 15) is 0 Å². The van der Waals surface area contributed by atoms with Gasteiger partial charge in [-0.25, -0.2) is 0 Å². The van der Waals surface area contributed by atoms with Crippen molar-refractivity contribution in [1.29, 1.82) is 0 Å². The number of aryl methyl sites for hydroxylation is 1. The number of rotatable bonds is 3. The minimum atomic E-state index is 0.0911. The van der Waals surface area contributed by atoms with E-state index < -0.39 is 0 Å². The summed E-state index contributed by atoms with van der Waals surface area (Å²) in [5.41, 5.74) is 12.7. The van der Waals surface area contributed by atoms with Crippen LogP contribution in [0.4, 0.5) is 17.1 Å². The fourth-order valence-corrected chi connectivity index (χ4v) is 12.0. The average molecular weight is 698 g/mol. The third-order valence-electron chi connectivity index (χ3n) is 10.7. The van der Waals surface area contributed by atoms with Crippen molar-refractivity contribution in [1.82, 2.24) is 0 Å². The molecule has 0 spiro atoms. The van der Waals surface area contributed by atoms with Crippen molar-refractivity contribution >= 4 is 74.3 Å². The van der Waals surface area contributed by atoms with Crippen LogP contribution in [0.25, 0.3) is 0 Å². The monoisotopic (exact) mass is 697 g/mol. The van der Waals surface area contributed by atoms with Crippen molar-refractivity contribution < 1.29 is 0 Å². The van der Waals surface area contributed by atoms with Crippen LogP contribution in [0, 0.1) is 0 Å². The molecule has 49 heavy (non-hydrogen) atoms. The lowest BCUT2D eigenvalue weighted by molar-refractivity contribution is 0.587. The van der Waals surface area contributed by atoms with E-state index in [4.69, 9.17) is 0 Å². The first kappa shape index (κ1) is 33.3. The summed E-state index contributed by atoms with van der Waals surface area (Å²) in [5.74, 6) is 0. The Morgan fingerprint density at radius 2 is 1.08 bits per heavy atom. The Labute approximate surface area is 307 Å². The first-order valence-corrected chi connectivity index (χ1v) is 20.5. The summed E-state index contributed by atoms with van der Waals surface area (Å²) in [6.07, 6.45) is 5.13. The van der Waals surface area contributed by atoms with Crippen LogP contribution in [0.5, 0.6) is 0 Å². The molecule has 0 amide bonds. The molecule has 1 nitrogen and oxygen atoms in total. The summed E-state index contributed by atoms with van der Waals surface area (Å²) in [6, 6.07) is 30.8. The maximum Gasteiger partial charge on any atom is 0.259 e. The van der Waals surface area contributed by atoms with Crippen LogP contribution in [-0.2, 0) is 29.1 Å². The van der Waals surface area contributed by atoms with Gasteiger partial charge in [-0.15, -0.1) is 0 Å². The molecule has 0 saturated carbocycles. The Hall–Kier alpha value is -2.86. The van der Waals surface area contributed by atoms with Gasteiger partial charge in [0, 0.05) is 41.5 Å². The van der Waals surface area contributed by atoms with Gasteiger partial charge in [-0.05, 0) is 123 Å². The quantitative estimate of drug-likeness (QED) is 0.169. The lowest BCUT2D eigenvalue weighted by Crippen LogP contribution is -2.57. The number of benzene rings is 4. The second-order valence-corrected chi connectivity index (χ2v) is 20.6. The number of thiophene rings is 1. The minimum Gasteiger partial charge on any atom is -0.310 e. The predicted octanol–water partition coefficient (Wildman–Crippen LogP) is 11.4. The van der Waals surface area contributed by atoms with E-state index in [0.29, 0.717) is 6.71 Å². The molecule has 0 radical (unpaired) electrons. The molecule has 1 aliphatic carbocycles. The maximum absolute atomic E-state index is 2.52. The Kier molecular flexibility index (Phi) is 8.06. The number of fused-ring (bicyclic) bond motifs is 6. The van der Waals surface area contributed by atoms with E-state index in [0.717, 1.165) is 0 Å². The van der Waals surface area contributed by atoms with Gasteiger partial charge in [0.15, 0.2) is 0 Å². The summed E-state index contributed by atoms with van der Waals surface area (Å²) in [7, 11) is 0. The summed E-state index contributed by atoms with van der Waals surface area (Å²) in [4.78, 5) is 9.99. The SMILES string of the molecule is CC(C)(C)c1ccc(N(c2ccc(C(C)(C)C)cc2)c2ccc3c(c2)Sc2cc(C(C)(C)C)cc4c2B3c2sc3c(c2S4)CCCC3)cc1. The molecule has 3 heterocycles. The molecule has 4 aromatic carbocycles. The smallest absolute Gasteiger partial charge is 0.259 e. The fraction of sp³-hybridized carbons (Fsp3) is 0.364. The summed E-state index contributed by atoms with van der Waals surface area (Å²) in [6.45, 7) is 21.1. The van der Waals surface area contributed by atoms with E-state index in [2.05, 4.69) is 169 Å². The number of nitrogens with zero attached hydrogens (tertiary/aromatic N) is 1. The third-order valence-corrected chi connectivity index (χ3v) is 14.5. The second-order valence-electron chi connectivity index (χ2n) is 17.3. The van der Waals surface area contributed by atoms with E-state index in [1.807, 2.05) is 11.8 Å². The molecule has 0 N–H and O–H groups in total. The zero-order valence-electron chi connectivity index (χ0n) is 30.6. The highest BCUT2D eigenvalue weighted by molar-refractivity contribution is 8.01. The number of hydrogen-bond donors (Lipinski definition) is 0. The predicted molar refractivity (Wildman–Crippen MR) is 218 cm³/mol. The molecular weight excluding hydrogens is 650 g/mol. The van der Waals surface area contributed by atoms with Crippen LogP contribution in [0.15, 0.2) is 98.4 Å². The van der Waals surface area contributed by atoms with Crippen LogP contribution in [0.1, 0.15) is 102 Å². The normalized spacial score (nSPS) is 15.3. The van der Waals surface area contributed by atoms with Gasteiger partial charge in [0.1, 0.15) is 0 Å². The number of hydrogen-bond acceptors (Lipinski definition) is 4. The highest BCUT2D eigenvalue weighted by atomic mass is 32.2. The summed E-state index contributed by atoms with van der Waals surface area (Å²) < 4.78 is 1.59. The molecule has 1 aromatic heterocycles. The standard InChI is InChI=1S/C44H48BNS3/c1-42(2,3)27-14-18-30(19-15-27)46(31-20-16-28(17-21-31)43(4,5)6)32-22-23-34-36(26-32)47-37-24-29(44(7,8)9)25-38-39(37)45(34)41-40(48-38)33-12-10-11-13-35(33)49-41/h14-26H,10-13H2,1-9H3. The van der Waals surface area contributed by atoms with Gasteiger partial charge in [-0.3, -0.25) is 0 Å². The lowest BCUT2D eigenvalue weighted by atomic mass is 9.39. The maximum atomic E-state index is 2.52. The van der Waals surface area contributed by atoms with Crippen molar-refractivity contribution in [2.24, 2.45) is 0 Å². The van der Waals surface area contributed by atoms with Crippen molar-refractivity contribution in [2.45, 2.75) is 124 Å². The minimum absolute atomic E-state index is 0.0911. The van der Waals surface area contributed by atoms with E-state index in [-0.39, 0.29) is 16.2 Å². The first-order valence-electron chi connectivity index (χ1n) is 18.0.